The molecule has 6 heteroatoms. The number of hydrogen-bond donors (Lipinski definition) is 2. The molecule has 0 radical (unpaired) electrons. The number of carbonyl (C=O) groups excluding carboxylic acids is 1. The lowest BCUT2D eigenvalue weighted by molar-refractivity contribution is -0.122. The summed E-state index contributed by atoms with van der Waals surface area (Å²) >= 11 is 4.83. The topological polar surface area (TPSA) is 77.1 Å². The van der Waals surface area contributed by atoms with E-state index in [1.807, 2.05) is 20.8 Å². The van der Waals surface area contributed by atoms with Gasteiger partial charge in [0.05, 0.1) is 5.56 Å². The minimum Gasteiger partial charge on any atom is -0.389 e. The van der Waals surface area contributed by atoms with Crippen molar-refractivity contribution in [2.75, 3.05) is 0 Å². The van der Waals surface area contributed by atoms with Crippen molar-refractivity contribution in [1.29, 1.82) is 0 Å². The number of thiocarbonyl (C=S) groups is 1. The Morgan fingerprint density at radius 3 is 2.50 bits per heavy atom. The Bertz CT molecular complexity index is 578. The second-order valence-electron chi connectivity index (χ2n) is 5.24. The highest BCUT2D eigenvalue weighted by molar-refractivity contribution is 7.80. The Morgan fingerprint density at radius 2 is 2.00 bits per heavy atom. The molecule has 1 aromatic rings. The SMILES string of the molecule is Cc1ccc(C(N)=S)c(=O)n1CC(=O)NC(C)C(C)C. The van der Waals surface area contributed by atoms with Crippen LogP contribution in [0.25, 0.3) is 0 Å². The lowest BCUT2D eigenvalue weighted by Gasteiger charge is -2.18. The van der Waals surface area contributed by atoms with Crippen LogP contribution in [0.1, 0.15) is 32.0 Å². The van der Waals surface area contributed by atoms with Crippen molar-refractivity contribution in [3.63, 3.8) is 0 Å². The summed E-state index contributed by atoms with van der Waals surface area (Å²) in [6.07, 6.45) is 0. The number of amides is 1. The Labute approximate surface area is 124 Å². The van der Waals surface area contributed by atoms with Gasteiger partial charge in [0.1, 0.15) is 11.5 Å². The van der Waals surface area contributed by atoms with Gasteiger partial charge in [0.15, 0.2) is 0 Å². The quantitative estimate of drug-likeness (QED) is 0.793. The Morgan fingerprint density at radius 1 is 1.40 bits per heavy atom. The number of nitrogens with two attached hydrogens (primary N) is 1. The van der Waals surface area contributed by atoms with E-state index in [9.17, 15) is 9.59 Å². The third-order valence-electron chi connectivity index (χ3n) is 3.35. The first-order valence-corrected chi connectivity index (χ1v) is 6.94. The van der Waals surface area contributed by atoms with Gasteiger partial charge in [0.2, 0.25) is 5.91 Å². The number of hydrogen-bond acceptors (Lipinski definition) is 3. The first-order valence-electron chi connectivity index (χ1n) is 6.53. The van der Waals surface area contributed by atoms with Gasteiger partial charge >= 0.3 is 0 Å². The van der Waals surface area contributed by atoms with Crippen molar-refractivity contribution in [2.45, 2.75) is 40.3 Å². The second-order valence-corrected chi connectivity index (χ2v) is 5.68. The highest BCUT2D eigenvalue weighted by Gasteiger charge is 2.14. The van der Waals surface area contributed by atoms with E-state index >= 15 is 0 Å². The van der Waals surface area contributed by atoms with E-state index in [-0.39, 0.29) is 34.6 Å². The molecule has 0 bridgehead atoms. The highest BCUT2D eigenvalue weighted by atomic mass is 32.1. The molecule has 0 aromatic carbocycles. The molecule has 0 spiro atoms. The van der Waals surface area contributed by atoms with Crippen molar-refractivity contribution in [1.82, 2.24) is 9.88 Å². The van der Waals surface area contributed by atoms with Gasteiger partial charge in [-0.1, -0.05) is 26.1 Å². The van der Waals surface area contributed by atoms with Gasteiger partial charge < -0.3 is 15.6 Å². The standard InChI is InChI=1S/C14H21N3O2S/c1-8(2)10(4)16-12(18)7-17-9(3)5-6-11(13(15)20)14(17)19/h5-6,8,10H,7H2,1-4H3,(H2,15,20)(H,16,18). The number of aryl methyl sites for hydroxylation is 1. The molecule has 0 aliphatic carbocycles. The molecule has 0 saturated carbocycles. The van der Waals surface area contributed by atoms with Gasteiger partial charge in [-0.2, -0.15) is 0 Å². The maximum absolute atomic E-state index is 12.2. The van der Waals surface area contributed by atoms with Crippen LogP contribution >= 0.6 is 12.2 Å². The van der Waals surface area contributed by atoms with Crippen LogP contribution in [0.15, 0.2) is 16.9 Å². The summed E-state index contributed by atoms with van der Waals surface area (Å²) in [6.45, 7) is 7.72. The number of nitrogens with one attached hydrogen (secondary N) is 1. The molecule has 1 rings (SSSR count). The molecule has 1 atom stereocenters. The molecule has 3 N–H and O–H groups in total. The Balaban J connectivity index is 2.98. The normalized spacial score (nSPS) is 12.2. The first-order chi connectivity index (χ1) is 9.23. The summed E-state index contributed by atoms with van der Waals surface area (Å²) in [5.74, 6) is 0.135. The molecular formula is C14H21N3O2S. The molecule has 0 aliphatic heterocycles. The number of rotatable bonds is 5. The molecule has 20 heavy (non-hydrogen) atoms. The smallest absolute Gasteiger partial charge is 0.261 e. The van der Waals surface area contributed by atoms with Gasteiger partial charge in [-0.05, 0) is 31.9 Å². The van der Waals surface area contributed by atoms with Crippen molar-refractivity contribution in [3.05, 3.63) is 33.7 Å². The van der Waals surface area contributed by atoms with Crippen LogP contribution in [0.3, 0.4) is 0 Å². The zero-order chi connectivity index (χ0) is 15.4. The van der Waals surface area contributed by atoms with Crippen molar-refractivity contribution in [3.8, 4) is 0 Å². The zero-order valence-electron chi connectivity index (χ0n) is 12.3. The largest absolute Gasteiger partial charge is 0.389 e. The maximum Gasteiger partial charge on any atom is 0.261 e. The summed E-state index contributed by atoms with van der Waals surface area (Å²) < 4.78 is 1.39. The third-order valence-corrected chi connectivity index (χ3v) is 3.57. The van der Waals surface area contributed by atoms with Crippen molar-refractivity contribution < 1.29 is 4.79 Å². The van der Waals surface area contributed by atoms with Crippen LogP contribution in [0.4, 0.5) is 0 Å². The predicted octanol–water partition coefficient (Wildman–Crippen LogP) is 0.952. The molecule has 1 unspecified atom stereocenters. The first kappa shape index (κ1) is 16.4. The van der Waals surface area contributed by atoms with E-state index < -0.39 is 0 Å². The summed E-state index contributed by atoms with van der Waals surface area (Å²) in [6, 6.07) is 3.37. The van der Waals surface area contributed by atoms with E-state index in [1.54, 1.807) is 19.1 Å². The number of pyridine rings is 1. The fraction of sp³-hybridized carbons (Fsp3) is 0.500. The molecule has 1 heterocycles. The van der Waals surface area contributed by atoms with Gasteiger partial charge in [-0.25, -0.2) is 0 Å². The summed E-state index contributed by atoms with van der Waals surface area (Å²) in [7, 11) is 0. The van der Waals surface area contributed by atoms with Crippen molar-refractivity contribution in [2.24, 2.45) is 11.7 Å². The van der Waals surface area contributed by atoms with E-state index in [0.29, 0.717) is 11.6 Å². The number of carbonyl (C=O) groups is 1. The highest BCUT2D eigenvalue weighted by Crippen LogP contribution is 2.02. The molecule has 1 aromatic heterocycles. The lowest BCUT2D eigenvalue weighted by Crippen LogP contribution is -2.41. The van der Waals surface area contributed by atoms with Crippen LogP contribution in [0, 0.1) is 12.8 Å². The van der Waals surface area contributed by atoms with Crippen LogP contribution in [-0.2, 0) is 11.3 Å². The molecule has 5 nitrogen and oxygen atoms in total. The zero-order valence-corrected chi connectivity index (χ0v) is 13.1. The predicted molar refractivity (Wildman–Crippen MR) is 83.8 cm³/mol. The summed E-state index contributed by atoms with van der Waals surface area (Å²) in [4.78, 5) is 24.2. The van der Waals surface area contributed by atoms with Gasteiger partial charge in [0.25, 0.3) is 5.56 Å². The molecule has 0 fully saturated rings. The third kappa shape index (κ3) is 3.90. The minimum absolute atomic E-state index is 0.0296. The van der Waals surface area contributed by atoms with Crippen molar-refractivity contribution >= 4 is 23.1 Å². The van der Waals surface area contributed by atoms with Crippen LogP contribution in [-0.4, -0.2) is 21.5 Å². The van der Waals surface area contributed by atoms with E-state index in [2.05, 4.69) is 5.32 Å². The average Bonchev–Trinajstić information content (AvgIpc) is 2.33. The maximum atomic E-state index is 12.2. The lowest BCUT2D eigenvalue weighted by atomic mass is 10.1. The van der Waals surface area contributed by atoms with E-state index in [0.717, 1.165) is 0 Å². The van der Waals surface area contributed by atoms with E-state index in [1.165, 1.54) is 4.57 Å². The summed E-state index contributed by atoms with van der Waals surface area (Å²) in [5, 5.41) is 2.87. The molecule has 110 valence electrons. The Hall–Kier alpha value is -1.69. The fourth-order valence-electron chi connectivity index (χ4n) is 1.66. The van der Waals surface area contributed by atoms with Gasteiger partial charge in [-0.3, -0.25) is 9.59 Å². The second kappa shape index (κ2) is 6.65. The Kier molecular flexibility index (Phi) is 5.44. The van der Waals surface area contributed by atoms with Gasteiger partial charge in [0, 0.05) is 11.7 Å². The van der Waals surface area contributed by atoms with Crippen LogP contribution in [0.2, 0.25) is 0 Å². The van der Waals surface area contributed by atoms with E-state index in [4.69, 9.17) is 18.0 Å². The molecule has 1 amide bonds. The van der Waals surface area contributed by atoms with Crippen LogP contribution < -0.4 is 16.6 Å². The van der Waals surface area contributed by atoms with Crippen LogP contribution in [0.5, 0.6) is 0 Å². The molecular weight excluding hydrogens is 274 g/mol. The van der Waals surface area contributed by atoms with Gasteiger partial charge in [-0.15, -0.1) is 0 Å². The number of nitrogens with zero attached hydrogens (tertiary/aromatic N) is 1. The molecule has 0 aliphatic rings. The minimum atomic E-state index is -0.329. The fourth-order valence-corrected chi connectivity index (χ4v) is 1.82. The molecule has 0 saturated heterocycles. The number of aromatic nitrogens is 1. The summed E-state index contributed by atoms with van der Waals surface area (Å²) in [5.41, 5.74) is 6.13. The average molecular weight is 295 g/mol. The monoisotopic (exact) mass is 295 g/mol.